The van der Waals surface area contributed by atoms with Gasteiger partial charge in [-0.1, -0.05) is 13.0 Å². The molecule has 0 aromatic heterocycles. The molecule has 2 aromatic rings. The first-order chi connectivity index (χ1) is 18.4. The van der Waals surface area contributed by atoms with E-state index in [9.17, 15) is 15.0 Å². The highest BCUT2D eigenvalue weighted by molar-refractivity contribution is 5.90. The van der Waals surface area contributed by atoms with E-state index in [-0.39, 0.29) is 29.4 Å². The second-order valence-electron chi connectivity index (χ2n) is 12.4. The monoisotopic (exact) mass is 518 g/mol. The van der Waals surface area contributed by atoms with Crippen molar-refractivity contribution in [2.75, 3.05) is 25.0 Å². The van der Waals surface area contributed by atoms with E-state index in [1.807, 2.05) is 30.3 Å². The van der Waals surface area contributed by atoms with Gasteiger partial charge in [0.25, 0.3) is 0 Å². The lowest BCUT2D eigenvalue weighted by atomic mass is 9.54. The van der Waals surface area contributed by atoms with Gasteiger partial charge in [-0.2, -0.15) is 0 Å². The Hall–Kier alpha value is -2.57. The van der Waals surface area contributed by atoms with Gasteiger partial charge in [0.05, 0.1) is 6.10 Å². The molecule has 0 radical (unpaired) electrons. The van der Waals surface area contributed by atoms with E-state index < -0.39 is 0 Å². The Morgan fingerprint density at radius 1 is 1.11 bits per heavy atom. The van der Waals surface area contributed by atoms with Gasteiger partial charge in [-0.25, -0.2) is 0 Å². The van der Waals surface area contributed by atoms with E-state index in [0.29, 0.717) is 24.0 Å². The Kier molecular flexibility index (Phi) is 7.12. The highest BCUT2D eigenvalue weighted by atomic mass is 16.5. The Morgan fingerprint density at radius 2 is 1.89 bits per heavy atom. The number of benzene rings is 2. The largest absolute Gasteiger partial charge is 0.508 e. The number of nitrogens with one attached hydrogen (secondary N) is 1. The van der Waals surface area contributed by atoms with Crippen LogP contribution in [0.4, 0.5) is 5.69 Å². The molecule has 1 heterocycles. The molecule has 1 amide bonds. The maximum atomic E-state index is 12.5. The van der Waals surface area contributed by atoms with Crippen LogP contribution in [0.3, 0.4) is 0 Å². The minimum absolute atomic E-state index is 0.0522. The number of aliphatic hydroxyl groups is 1. The number of aliphatic hydroxyl groups excluding tert-OH is 1. The molecule has 6 atom stereocenters. The molecular weight excluding hydrogens is 476 g/mol. The molecule has 3 aliphatic carbocycles. The Balaban J connectivity index is 1.15. The Labute approximate surface area is 226 Å². The van der Waals surface area contributed by atoms with Crippen molar-refractivity contribution >= 4 is 11.6 Å². The van der Waals surface area contributed by atoms with Crippen LogP contribution in [-0.2, 0) is 11.2 Å². The SMILES string of the molecule is C[C@]12C[C@H](Oc3ccc(NC(=O)CCCN4CCCC4)cc3)[C@@H]3c4ccc(O)cc4CC[C@H]3[C@@H]1CC[C@@H]2O. The number of carbonyl (C=O) groups is 1. The minimum atomic E-state index is -0.288. The summed E-state index contributed by atoms with van der Waals surface area (Å²) in [6.07, 6.45) is 8.43. The highest BCUT2D eigenvalue weighted by Crippen LogP contribution is 2.61. The number of anilines is 1. The Morgan fingerprint density at radius 3 is 2.68 bits per heavy atom. The van der Waals surface area contributed by atoms with Gasteiger partial charge in [0.1, 0.15) is 17.6 Å². The molecular formula is C32H42N2O4. The summed E-state index contributed by atoms with van der Waals surface area (Å²) in [6.45, 7) is 5.59. The fraction of sp³-hybridized carbons (Fsp3) is 0.594. The Bertz CT molecular complexity index is 1140. The third kappa shape index (κ3) is 4.93. The number of likely N-dealkylation sites (tertiary alicyclic amines) is 1. The van der Waals surface area contributed by atoms with Crippen molar-refractivity contribution in [3.8, 4) is 11.5 Å². The fourth-order valence-corrected chi connectivity index (χ4v) is 8.19. The number of aryl methyl sites for hydroxylation is 1. The number of hydrogen-bond acceptors (Lipinski definition) is 5. The number of carbonyl (C=O) groups excluding carboxylic acids is 1. The number of fused-ring (bicyclic) bond motifs is 5. The number of hydrogen-bond donors (Lipinski definition) is 3. The van der Waals surface area contributed by atoms with Gasteiger partial charge in [0.2, 0.25) is 5.91 Å². The van der Waals surface area contributed by atoms with E-state index in [4.69, 9.17) is 4.74 Å². The lowest BCUT2D eigenvalue weighted by Gasteiger charge is -2.53. The molecule has 0 unspecified atom stereocenters. The van der Waals surface area contributed by atoms with Crippen LogP contribution < -0.4 is 10.1 Å². The minimum Gasteiger partial charge on any atom is -0.508 e. The summed E-state index contributed by atoms with van der Waals surface area (Å²) in [5.74, 6) is 2.38. The van der Waals surface area contributed by atoms with E-state index in [1.54, 1.807) is 6.07 Å². The molecule has 0 bridgehead atoms. The topological polar surface area (TPSA) is 82.0 Å². The van der Waals surface area contributed by atoms with Crippen molar-refractivity contribution in [1.29, 1.82) is 0 Å². The molecule has 38 heavy (non-hydrogen) atoms. The van der Waals surface area contributed by atoms with Crippen LogP contribution in [0.25, 0.3) is 0 Å². The standard InChI is InChI=1S/C32H42N2O4/c1-32-20-28(31-25-13-9-23(35)19-21(25)6-12-26(31)27(32)14-15-29(32)36)38-24-10-7-22(8-11-24)33-30(37)5-4-18-34-16-2-3-17-34/h7-11,13,19,26-29,31,35-36H,2-6,12,14-18,20H2,1H3,(H,33,37)/t26-,27-,28-,29-,31+,32-/m0/s1. The second kappa shape index (κ2) is 10.5. The summed E-state index contributed by atoms with van der Waals surface area (Å²) in [4.78, 5) is 14.9. The van der Waals surface area contributed by atoms with Gasteiger partial charge in [-0.05, 0) is 130 Å². The second-order valence-corrected chi connectivity index (χ2v) is 12.4. The lowest BCUT2D eigenvalue weighted by molar-refractivity contribution is -0.116. The lowest BCUT2D eigenvalue weighted by Crippen LogP contribution is -2.51. The average Bonchev–Trinajstić information content (AvgIpc) is 3.52. The van der Waals surface area contributed by atoms with Crippen molar-refractivity contribution in [2.24, 2.45) is 17.3 Å². The summed E-state index contributed by atoms with van der Waals surface area (Å²) in [6, 6.07) is 13.6. The van der Waals surface area contributed by atoms with Crippen LogP contribution in [0, 0.1) is 17.3 Å². The van der Waals surface area contributed by atoms with Crippen LogP contribution >= 0.6 is 0 Å². The van der Waals surface area contributed by atoms with Crippen LogP contribution in [0.2, 0.25) is 0 Å². The maximum Gasteiger partial charge on any atom is 0.224 e. The summed E-state index contributed by atoms with van der Waals surface area (Å²) >= 11 is 0. The number of amides is 1. The van der Waals surface area contributed by atoms with Crippen molar-refractivity contribution in [2.45, 2.75) is 82.8 Å². The molecule has 204 valence electrons. The first-order valence-electron chi connectivity index (χ1n) is 14.7. The van der Waals surface area contributed by atoms with Gasteiger partial charge in [-0.15, -0.1) is 0 Å². The summed E-state index contributed by atoms with van der Waals surface area (Å²) in [7, 11) is 0. The first kappa shape index (κ1) is 25.7. The quantitative estimate of drug-likeness (QED) is 0.452. The summed E-state index contributed by atoms with van der Waals surface area (Å²) in [5, 5.41) is 24.1. The smallest absolute Gasteiger partial charge is 0.224 e. The van der Waals surface area contributed by atoms with Gasteiger partial charge in [-0.3, -0.25) is 4.79 Å². The molecule has 6 heteroatoms. The zero-order chi connectivity index (χ0) is 26.3. The van der Waals surface area contributed by atoms with Gasteiger partial charge >= 0.3 is 0 Å². The number of aromatic hydroxyl groups is 1. The molecule has 2 aromatic carbocycles. The molecule has 6 rings (SSSR count). The molecule has 6 nitrogen and oxygen atoms in total. The number of phenols is 1. The zero-order valence-corrected chi connectivity index (χ0v) is 22.6. The normalized spacial score (nSPS) is 32.3. The summed E-state index contributed by atoms with van der Waals surface area (Å²) in [5.41, 5.74) is 3.18. The van der Waals surface area contributed by atoms with Gasteiger partial charge in [0.15, 0.2) is 0 Å². The molecule has 1 aliphatic heterocycles. The predicted octanol–water partition coefficient (Wildman–Crippen LogP) is 5.48. The van der Waals surface area contributed by atoms with Gasteiger partial charge in [0, 0.05) is 23.4 Å². The molecule has 4 aliphatic rings. The molecule has 3 fully saturated rings. The van der Waals surface area contributed by atoms with Crippen molar-refractivity contribution in [3.63, 3.8) is 0 Å². The third-order valence-corrected chi connectivity index (χ3v) is 10.1. The van der Waals surface area contributed by atoms with Crippen molar-refractivity contribution in [3.05, 3.63) is 53.6 Å². The molecule has 3 N–H and O–H groups in total. The zero-order valence-electron chi connectivity index (χ0n) is 22.6. The molecule has 0 spiro atoms. The maximum absolute atomic E-state index is 12.5. The van der Waals surface area contributed by atoms with Crippen LogP contribution in [0.5, 0.6) is 11.5 Å². The molecule has 1 saturated heterocycles. The van der Waals surface area contributed by atoms with E-state index in [1.165, 1.54) is 37.1 Å². The number of ether oxygens (including phenoxy) is 1. The predicted molar refractivity (Wildman–Crippen MR) is 149 cm³/mol. The first-order valence-corrected chi connectivity index (χ1v) is 14.7. The average molecular weight is 519 g/mol. The van der Waals surface area contributed by atoms with Gasteiger partial charge < -0.3 is 25.2 Å². The van der Waals surface area contributed by atoms with E-state index >= 15 is 0 Å². The fourth-order valence-electron chi connectivity index (χ4n) is 8.19. The van der Waals surface area contributed by atoms with Crippen LogP contribution in [0.15, 0.2) is 42.5 Å². The highest BCUT2D eigenvalue weighted by Gasteiger charge is 2.58. The summed E-state index contributed by atoms with van der Waals surface area (Å²) < 4.78 is 6.72. The van der Waals surface area contributed by atoms with E-state index in [0.717, 1.165) is 56.5 Å². The number of rotatable bonds is 7. The van der Waals surface area contributed by atoms with Crippen LogP contribution in [-0.4, -0.2) is 52.9 Å². The number of phenolic OH excluding ortho intramolecular Hbond substituents is 1. The third-order valence-electron chi connectivity index (χ3n) is 10.1. The molecule has 2 saturated carbocycles. The van der Waals surface area contributed by atoms with E-state index in [2.05, 4.69) is 23.2 Å². The van der Waals surface area contributed by atoms with Crippen LogP contribution in [0.1, 0.15) is 75.3 Å². The number of nitrogens with zero attached hydrogens (tertiary/aromatic N) is 1. The van der Waals surface area contributed by atoms with Crippen molar-refractivity contribution in [1.82, 2.24) is 4.90 Å². The van der Waals surface area contributed by atoms with Crippen molar-refractivity contribution < 1.29 is 19.7 Å².